The summed E-state index contributed by atoms with van der Waals surface area (Å²) in [6, 6.07) is 9.99. The topological polar surface area (TPSA) is 50.2 Å². The first kappa shape index (κ1) is 18.9. The normalized spacial score (nSPS) is 18.0. The molecule has 2 aromatic rings. The molecule has 1 amide bonds. The highest BCUT2D eigenvalue weighted by Crippen LogP contribution is 2.26. The molecule has 26 heavy (non-hydrogen) atoms. The van der Waals surface area contributed by atoms with Gasteiger partial charge in [0.2, 0.25) is 0 Å². The summed E-state index contributed by atoms with van der Waals surface area (Å²) in [6.45, 7) is 5.19. The Morgan fingerprint density at radius 1 is 1.35 bits per heavy atom. The maximum absolute atomic E-state index is 12.5. The molecular weight excluding hydrogens is 348 g/mol. The number of hydrogen-bond donors (Lipinski definition) is 1. The van der Waals surface area contributed by atoms with E-state index in [2.05, 4.69) is 22.2 Å². The molecule has 2 heterocycles. The van der Waals surface area contributed by atoms with Crippen molar-refractivity contribution in [1.29, 1.82) is 0 Å². The third-order valence-electron chi connectivity index (χ3n) is 5.11. The van der Waals surface area contributed by atoms with Crippen LogP contribution in [0.25, 0.3) is 11.3 Å². The van der Waals surface area contributed by atoms with Crippen molar-refractivity contribution in [1.82, 2.24) is 20.0 Å². The van der Waals surface area contributed by atoms with E-state index in [0.717, 1.165) is 18.5 Å². The van der Waals surface area contributed by atoms with Crippen LogP contribution in [0, 0.1) is 0 Å². The number of hydrogen-bond acceptors (Lipinski definition) is 3. The van der Waals surface area contributed by atoms with Crippen molar-refractivity contribution >= 4 is 17.5 Å². The van der Waals surface area contributed by atoms with Crippen molar-refractivity contribution in [3.05, 3.63) is 41.0 Å². The van der Waals surface area contributed by atoms with Crippen molar-refractivity contribution in [2.45, 2.75) is 38.6 Å². The highest BCUT2D eigenvalue weighted by atomic mass is 35.5. The lowest BCUT2D eigenvalue weighted by molar-refractivity contribution is 0.0939. The van der Waals surface area contributed by atoms with Crippen molar-refractivity contribution in [2.75, 3.05) is 19.6 Å². The smallest absolute Gasteiger partial charge is 0.269 e. The van der Waals surface area contributed by atoms with Crippen molar-refractivity contribution in [2.24, 2.45) is 7.05 Å². The summed E-state index contributed by atoms with van der Waals surface area (Å²) < 4.78 is 1.61. The number of rotatable bonds is 6. The zero-order valence-electron chi connectivity index (χ0n) is 15.5. The van der Waals surface area contributed by atoms with Crippen LogP contribution < -0.4 is 5.32 Å². The van der Waals surface area contributed by atoms with Crippen LogP contribution in [0.3, 0.4) is 0 Å². The highest BCUT2D eigenvalue weighted by molar-refractivity contribution is 6.33. The van der Waals surface area contributed by atoms with E-state index >= 15 is 0 Å². The van der Waals surface area contributed by atoms with Gasteiger partial charge in [0.1, 0.15) is 5.69 Å². The monoisotopic (exact) mass is 374 g/mol. The lowest BCUT2D eigenvalue weighted by Gasteiger charge is -2.33. The van der Waals surface area contributed by atoms with Gasteiger partial charge in [-0.1, -0.05) is 36.2 Å². The second-order valence-corrected chi connectivity index (χ2v) is 7.42. The van der Waals surface area contributed by atoms with E-state index in [1.165, 1.54) is 25.8 Å². The molecule has 1 aromatic carbocycles. The Kier molecular flexibility index (Phi) is 6.33. The van der Waals surface area contributed by atoms with Crippen LogP contribution in [0.1, 0.15) is 43.1 Å². The summed E-state index contributed by atoms with van der Waals surface area (Å²) in [4.78, 5) is 15.0. The maximum atomic E-state index is 12.5. The molecule has 1 aromatic heterocycles. The maximum Gasteiger partial charge on any atom is 0.269 e. The Morgan fingerprint density at radius 3 is 2.92 bits per heavy atom. The Bertz CT molecular complexity index is 758. The standard InChI is InChI=1S/C20H27ClN4O/c1-15-8-5-6-12-25(15)13-7-11-22-20(26)19-14-18(23-24(19)2)16-9-3-4-10-17(16)21/h3-4,9-10,14-15H,5-8,11-13H2,1-2H3,(H,22,26). The van der Waals surface area contributed by atoms with E-state index in [1.54, 1.807) is 17.8 Å². The van der Waals surface area contributed by atoms with E-state index in [-0.39, 0.29) is 5.91 Å². The Balaban J connectivity index is 1.54. The average Bonchev–Trinajstić information content (AvgIpc) is 3.02. The number of carbonyl (C=O) groups excluding carboxylic acids is 1. The number of halogens is 1. The van der Waals surface area contributed by atoms with Crippen molar-refractivity contribution in [3.63, 3.8) is 0 Å². The zero-order valence-corrected chi connectivity index (χ0v) is 16.3. The fourth-order valence-corrected chi connectivity index (χ4v) is 3.78. The number of likely N-dealkylation sites (tertiary alicyclic amines) is 1. The van der Waals surface area contributed by atoms with Gasteiger partial charge in [-0.25, -0.2) is 0 Å². The number of benzene rings is 1. The van der Waals surface area contributed by atoms with Gasteiger partial charge in [-0.2, -0.15) is 5.10 Å². The Morgan fingerprint density at radius 2 is 2.15 bits per heavy atom. The van der Waals surface area contributed by atoms with E-state index in [4.69, 9.17) is 11.6 Å². The SMILES string of the molecule is CC1CCCCN1CCCNC(=O)c1cc(-c2ccccc2Cl)nn1C. The van der Waals surface area contributed by atoms with E-state index in [0.29, 0.717) is 29.0 Å². The summed E-state index contributed by atoms with van der Waals surface area (Å²) in [6.07, 6.45) is 4.87. The van der Waals surface area contributed by atoms with Crippen LogP contribution in [0.4, 0.5) is 0 Å². The average molecular weight is 375 g/mol. The molecule has 1 atom stereocenters. The van der Waals surface area contributed by atoms with E-state index in [9.17, 15) is 4.79 Å². The summed E-state index contributed by atoms with van der Waals surface area (Å²) in [7, 11) is 1.78. The van der Waals surface area contributed by atoms with Crippen LogP contribution in [-0.2, 0) is 7.05 Å². The predicted octanol–water partition coefficient (Wildman–Crippen LogP) is 3.73. The van der Waals surface area contributed by atoms with Gasteiger partial charge in [-0.3, -0.25) is 9.48 Å². The molecule has 0 aliphatic carbocycles. The Labute approximate surface area is 160 Å². The molecule has 1 N–H and O–H groups in total. The van der Waals surface area contributed by atoms with Crippen molar-refractivity contribution < 1.29 is 4.79 Å². The molecule has 1 fully saturated rings. The molecule has 6 heteroatoms. The molecular formula is C20H27ClN4O. The van der Waals surface area contributed by atoms with Gasteiger partial charge in [-0.05, 0) is 44.9 Å². The minimum Gasteiger partial charge on any atom is -0.351 e. The third-order valence-corrected chi connectivity index (χ3v) is 5.44. The zero-order chi connectivity index (χ0) is 18.5. The summed E-state index contributed by atoms with van der Waals surface area (Å²) >= 11 is 6.23. The van der Waals surface area contributed by atoms with Crippen LogP contribution in [0.2, 0.25) is 5.02 Å². The second-order valence-electron chi connectivity index (χ2n) is 7.01. The number of nitrogens with one attached hydrogen (secondary N) is 1. The van der Waals surface area contributed by atoms with Gasteiger partial charge in [-0.15, -0.1) is 0 Å². The van der Waals surface area contributed by atoms with Crippen LogP contribution in [0.5, 0.6) is 0 Å². The number of piperidine rings is 1. The molecule has 1 saturated heterocycles. The summed E-state index contributed by atoms with van der Waals surface area (Å²) in [5, 5.41) is 8.08. The minimum atomic E-state index is -0.0926. The lowest BCUT2D eigenvalue weighted by atomic mass is 10.0. The van der Waals surface area contributed by atoms with Crippen LogP contribution in [0.15, 0.2) is 30.3 Å². The number of carbonyl (C=O) groups is 1. The fourth-order valence-electron chi connectivity index (χ4n) is 3.54. The molecule has 3 rings (SSSR count). The molecule has 1 aliphatic heterocycles. The van der Waals surface area contributed by atoms with Crippen LogP contribution in [-0.4, -0.2) is 46.3 Å². The summed E-state index contributed by atoms with van der Waals surface area (Å²) in [5.74, 6) is -0.0926. The third kappa shape index (κ3) is 4.46. The van der Waals surface area contributed by atoms with Gasteiger partial charge in [0.05, 0.1) is 10.7 Å². The highest BCUT2D eigenvalue weighted by Gasteiger charge is 2.18. The quantitative estimate of drug-likeness (QED) is 0.784. The van der Waals surface area contributed by atoms with Gasteiger partial charge >= 0.3 is 0 Å². The molecule has 1 aliphatic rings. The van der Waals surface area contributed by atoms with Crippen molar-refractivity contribution in [3.8, 4) is 11.3 Å². The molecule has 140 valence electrons. The largest absolute Gasteiger partial charge is 0.351 e. The number of nitrogens with zero attached hydrogens (tertiary/aromatic N) is 3. The van der Waals surface area contributed by atoms with E-state index in [1.807, 2.05) is 24.3 Å². The molecule has 5 nitrogen and oxygen atoms in total. The number of aromatic nitrogens is 2. The lowest BCUT2D eigenvalue weighted by Crippen LogP contribution is -2.39. The van der Waals surface area contributed by atoms with Gasteiger partial charge in [0.25, 0.3) is 5.91 Å². The minimum absolute atomic E-state index is 0.0926. The van der Waals surface area contributed by atoms with Crippen LogP contribution >= 0.6 is 11.6 Å². The first-order valence-electron chi connectivity index (χ1n) is 9.37. The number of amides is 1. The summed E-state index contributed by atoms with van der Waals surface area (Å²) in [5.41, 5.74) is 2.10. The fraction of sp³-hybridized carbons (Fsp3) is 0.500. The molecule has 1 unspecified atom stereocenters. The van der Waals surface area contributed by atoms with E-state index < -0.39 is 0 Å². The predicted molar refractivity (Wildman–Crippen MR) is 105 cm³/mol. The molecule has 0 radical (unpaired) electrons. The van der Waals surface area contributed by atoms with Gasteiger partial charge < -0.3 is 10.2 Å². The molecule has 0 saturated carbocycles. The van der Waals surface area contributed by atoms with Gasteiger partial charge in [0.15, 0.2) is 0 Å². The molecule has 0 bridgehead atoms. The second kappa shape index (κ2) is 8.69. The van der Waals surface area contributed by atoms with Gasteiger partial charge in [0, 0.05) is 31.7 Å². The molecule has 0 spiro atoms. The first-order valence-corrected chi connectivity index (χ1v) is 9.75. The first-order chi connectivity index (χ1) is 12.6. The Hall–Kier alpha value is -1.85. The number of aryl methyl sites for hydroxylation is 1.